The van der Waals surface area contributed by atoms with Crippen molar-refractivity contribution in [2.24, 2.45) is 5.92 Å². The van der Waals surface area contributed by atoms with Crippen molar-refractivity contribution in [2.75, 3.05) is 11.5 Å². The summed E-state index contributed by atoms with van der Waals surface area (Å²) in [6.45, 7) is 0. The molecule has 0 unspecified atom stereocenters. The van der Waals surface area contributed by atoms with Crippen LogP contribution in [0.4, 0.5) is 0 Å². The Kier molecular flexibility index (Phi) is 2.91. The number of para-hydroxylation sites is 2. The number of hydrogen-bond acceptors (Lipinski definition) is 4. The molecule has 0 saturated carbocycles. The molecule has 3 rings (SSSR count). The van der Waals surface area contributed by atoms with Gasteiger partial charge in [0.1, 0.15) is 0 Å². The molecule has 2 aromatic rings. The van der Waals surface area contributed by atoms with Crippen LogP contribution < -0.4 is 0 Å². The van der Waals surface area contributed by atoms with Gasteiger partial charge in [-0.15, -0.1) is 0 Å². The minimum Gasteiger partial charge on any atom is -0.333 e. The second-order valence-corrected chi connectivity index (χ2v) is 7.23. The number of allylic oxidation sites excluding steroid dienone is 1. The summed E-state index contributed by atoms with van der Waals surface area (Å²) in [5.41, 5.74) is 1.95. The first-order valence-electron chi connectivity index (χ1n) is 5.61. The molecule has 0 spiro atoms. The van der Waals surface area contributed by atoms with E-state index in [0.29, 0.717) is 0 Å². The Morgan fingerprint density at radius 1 is 1.39 bits per heavy atom. The number of nitrogens with zero attached hydrogens (tertiary/aromatic N) is 1. The number of sulfone groups is 1. The lowest BCUT2D eigenvalue weighted by atomic mass is 10.2. The normalized spacial score (nSPS) is 21.7. The molecular formula is C12H12N2O2S2. The number of aromatic nitrogens is 2. The van der Waals surface area contributed by atoms with Crippen molar-refractivity contribution in [1.29, 1.82) is 0 Å². The van der Waals surface area contributed by atoms with Crippen LogP contribution >= 0.6 is 11.8 Å². The van der Waals surface area contributed by atoms with E-state index in [1.165, 1.54) is 5.41 Å². The van der Waals surface area contributed by atoms with Gasteiger partial charge in [0, 0.05) is 17.1 Å². The van der Waals surface area contributed by atoms with Crippen molar-refractivity contribution in [1.82, 2.24) is 9.97 Å². The van der Waals surface area contributed by atoms with Gasteiger partial charge in [-0.3, -0.25) is 0 Å². The van der Waals surface area contributed by atoms with Gasteiger partial charge in [0.05, 0.1) is 16.8 Å². The van der Waals surface area contributed by atoms with Crippen LogP contribution in [0.15, 0.2) is 40.9 Å². The number of imidazole rings is 1. The van der Waals surface area contributed by atoms with Gasteiger partial charge in [-0.2, -0.15) is 0 Å². The van der Waals surface area contributed by atoms with E-state index < -0.39 is 9.84 Å². The molecule has 0 saturated heterocycles. The predicted octanol–water partition coefficient (Wildman–Crippen LogP) is 2.21. The van der Waals surface area contributed by atoms with Crippen molar-refractivity contribution < 1.29 is 8.42 Å². The van der Waals surface area contributed by atoms with Crippen LogP contribution in [0.25, 0.3) is 11.0 Å². The smallest absolute Gasteiger partial charge is 0.171 e. The van der Waals surface area contributed by atoms with E-state index in [2.05, 4.69) is 9.97 Å². The van der Waals surface area contributed by atoms with E-state index >= 15 is 0 Å². The van der Waals surface area contributed by atoms with E-state index in [1.54, 1.807) is 17.8 Å². The number of rotatable bonds is 3. The number of benzene rings is 1. The van der Waals surface area contributed by atoms with Gasteiger partial charge in [0.25, 0.3) is 0 Å². The summed E-state index contributed by atoms with van der Waals surface area (Å²) >= 11 is 1.56. The molecular weight excluding hydrogens is 268 g/mol. The standard InChI is InChI=1S/C12H12N2O2S2/c15-18(16)6-5-9(8-18)7-17-12-13-10-3-1-2-4-11(10)14-12/h1-6,9H,7-8H2,(H,13,14)/t9-/m0/s1. The van der Waals surface area contributed by atoms with Gasteiger partial charge in [-0.25, -0.2) is 13.4 Å². The molecule has 0 fully saturated rings. The maximum atomic E-state index is 11.3. The van der Waals surface area contributed by atoms with E-state index in [-0.39, 0.29) is 11.7 Å². The fourth-order valence-corrected chi connectivity index (χ4v) is 4.42. The van der Waals surface area contributed by atoms with Crippen LogP contribution in [0.1, 0.15) is 0 Å². The number of H-pyrrole nitrogens is 1. The van der Waals surface area contributed by atoms with Gasteiger partial charge in [-0.05, 0) is 12.1 Å². The molecule has 1 aliphatic rings. The Bertz CT molecular complexity index is 671. The number of hydrogen-bond donors (Lipinski definition) is 1. The summed E-state index contributed by atoms with van der Waals surface area (Å²) in [4.78, 5) is 7.66. The van der Waals surface area contributed by atoms with Crippen LogP contribution in [0.3, 0.4) is 0 Å². The Balaban J connectivity index is 1.69. The van der Waals surface area contributed by atoms with Crippen LogP contribution in [0.2, 0.25) is 0 Å². The molecule has 0 amide bonds. The van der Waals surface area contributed by atoms with Crippen molar-refractivity contribution in [3.63, 3.8) is 0 Å². The molecule has 1 N–H and O–H groups in total. The molecule has 1 atom stereocenters. The lowest BCUT2D eigenvalue weighted by Gasteiger charge is -2.03. The highest BCUT2D eigenvalue weighted by Gasteiger charge is 2.21. The summed E-state index contributed by atoms with van der Waals surface area (Å²) in [6, 6.07) is 7.84. The maximum Gasteiger partial charge on any atom is 0.171 e. The third kappa shape index (κ3) is 2.44. The first-order valence-corrected chi connectivity index (χ1v) is 8.31. The average Bonchev–Trinajstić information content (AvgIpc) is 2.89. The molecule has 0 aliphatic carbocycles. The van der Waals surface area contributed by atoms with Crippen molar-refractivity contribution in [3.8, 4) is 0 Å². The fourth-order valence-electron chi connectivity index (χ4n) is 1.93. The quantitative estimate of drug-likeness (QED) is 0.876. The number of fused-ring (bicyclic) bond motifs is 1. The second kappa shape index (κ2) is 4.44. The van der Waals surface area contributed by atoms with Gasteiger partial charge in [0.15, 0.2) is 15.0 Å². The van der Waals surface area contributed by atoms with Crippen molar-refractivity contribution in [3.05, 3.63) is 35.7 Å². The zero-order valence-corrected chi connectivity index (χ0v) is 11.2. The highest BCUT2D eigenvalue weighted by molar-refractivity contribution is 7.99. The van der Waals surface area contributed by atoms with Crippen LogP contribution in [-0.4, -0.2) is 29.9 Å². The topological polar surface area (TPSA) is 62.8 Å². The summed E-state index contributed by atoms with van der Waals surface area (Å²) in [5, 5.41) is 2.16. The average molecular weight is 280 g/mol. The van der Waals surface area contributed by atoms with Crippen molar-refractivity contribution in [2.45, 2.75) is 5.16 Å². The summed E-state index contributed by atoms with van der Waals surface area (Å²) in [6.07, 6.45) is 1.77. The first-order chi connectivity index (χ1) is 8.62. The van der Waals surface area contributed by atoms with Crippen LogP contribution in [0, 0.1) is 5.92 Å². The lowest BCUT2D eigenvalue weighted by molar-refractivity contribution is 0.602. The third-order valence-electron chi connectivity index (χ3n) is 2.81. The van der Waals surface area contributed by atoms with Gasteiger partial charge in [-0.1, -0.05) is 30.0 Å². The highest BCUT2D eigenvalue weighted by Crippen LogP contribution is 2.25. The van der Waals surface area contributed by atoms with E-state index in [0.717, 1.165) is 21.9 Å². The van der Waals surface area contributed by atoms with E-state index in [9.17, 15) is 8.42 Å². The minimum absolute atomic E-state index is 0.0909. The molecule has 0 radical (unpaired) electrons. The Hall–Kier alpha value is -1.27. The largest absolute Gasteiger partial charge is 0.333 e. The monoisotopic (exact) mass is 280 g/mol. The second-order valence-electron chi connectivity index (χ2n) is 4.29. The Labute approximate surface area is 109 Å². The molecule has 1 aromatic carbocycles. The molecule has 4 nitrogen and oxygen atoms in total. The predicted molar refractivity (Wildman–Crippen MR) is 73.2 cm³/mol. The Morgan fingerprint density at radius 2 is 2.22 bits per heavy atom. The fraction of sp³-hybridized carbons (Fsp3) is 0.250. The van der Waals surface area contributed by atoms with Gasteiger partial charge in [0.2, 0.25) is 0 Å². The molecule has 1 aliphatic heterocycles. The van der Waals surface area contributed by atoms with Gasteiger partial charge < -0.3 is 4.98 Å². The highest BCUT2D eigenvalue weighted by atomic mass is 32.2. The maximum absolute atomic E-state index is 11.3. The summed E-state index contributed by atoms with van der Waals surface area (Å²) in [7, 11) is -2.95. The number of aromatic amines is 1. The molecule has 2 heterocycles. The zero-order chi connectivity index (χ0) is 12.6. The van der Waals surface area contributed by atoms with Crippen molar-refractivity contribution >= 4 is 32.6 Å². The number of nitrogens with one attached hydrogen (secondary N) is 1. The Morgan fingerprint density at radius 3 is 2.94 bits per heavy atom. The first kappa shape index (κ1) is 11.8. The van der Waals surface area contributed by atoms with Gasteiger partial charge >= 0.3 is 0 Å². The zero-order valence-electron chi connectivity index (χ0n) is 9.54. The molecule has 18 heavy (non-hydrogen) atoms. The third-order valence-corrected chi connectivity index (χ3v) is 5.33. The van der Waals surface area contributed by atoms with E-state index in [4.69, 9.17) is 0 Å². The minimum atomic E-state index is -2.95. The van der Waals surface area contributed by atoms with Crippen LogP contribution in [-0.2, 0) is 9.84 Å². The molecule has 94 valence electrons. The summed E-state index contributed by atoms with van der Waals surface area (Å²) in [5.74, 6) is 1.05. The van der Waals surface area contributed by atoms with E-state index in [1.807, 2.05) is 24.3 Å². The summed E-state index contributed by atoms with van der Waals surface area (Å²) < 4.78 is 22.5. The number of thioether (sulfide) groups is 1. The lowest BCUT2D eigenvalue weighted by Crippen LogP contribution is -2.07. The molecule has 6 heteroatoms. The SMILES string of the molecule is O=S1(=O)C=C[C@@H](CSc2nc3ccccc3[nH]2)C1. The molecule has 1 aromatic heterocycles. The molecule has 0 bridgehead atoms. The van der Waals surface area contributed by atoms with Crippen LogP contribution in [0.5, 0.6) is 0 Å².